The number of unbranched alkanes of at least 4 members (excludes halogenated alkanes) is 29. The van der Waals surface area contributed by atoms with E-state index in [0.717, 1.165) is 89.9 Å². The molecule has 2 atom stereocenters. The van der Waals surface area contributed by atoms with Gasteiger partial charge in [0.25, 0.3) is 0 Å². The molecule has 70 heavy (non-hydrogen) atoms. The minimum atomic E-state index is -4.39. The smallest absolute Gasteiger partial charge is 0.462 e. The number of carbonyl (C=O) groups excluding carboxylic acids is 2. The largest absolute Gasteiger partial charge is 0.472 e. The van der Waals surface area contributed by atoms with Crippen LogP contribution in [0.2, 0.25) is 0 Å². The molecule has 0 aromatic rings. The van der Waals surface area contributed by atoms with E-state index < -0.39 is 26.5 Å². The number of phosphoric ester groups is 1. The number of phosphoric acid groups is 1. The van der Waals surface area contributed by atoms with Crippen molar-refractivity contribution < 1.29 is 37.6 Å². The first-order valence-corrected chi connectivity index (χ1v) is 30.4. The fourth-order valence-electron chi connectivity index (χ4n) is 8.07. The molecule has 2 unspecified atom stereocenters. The van der Waals surface area contributed by atoms with Crippen molar-refractivity contribution in [2.24, 2.45) is 5.73 Å². The van der Waals surface area contributed by atoms with Gasteiger partial charge in [0.1, 0.15) is 6.61 Å². The van der Waals surface area contributed by atoms with Crippen LogP contribution >= 0.6 is 7.82 Å². The Labute approximate surface area is 431 Å². The molecule has 0 saturated carbocycles. The van der Waals surface area contributed by atoms with E-state index in [4.69, 9.17) is 24.3 Å². The van der Waals surface area contributed by atoms with Crippen LogP contribution in [0, 0.1) is 0 Å². The zero-order valence-electron chi connectivity index (χ0n) is 45.2. The van der Waals surface area contributed by atoms with E-state index in [1.54, 1.807) is 0 Å². The number of rotatable bonds is 54. The number of allylic oxidation sites excluding steroid dienone is 12. The molecule has 0 amide bonds. The van der Waals surface area contributed by atoms with Gasteiger partial charge in [-0.1, -0.05) is 241 Å². The van der Waals surface area contributed by atoms with E-state index in [0.29, 0.717) is 6.42 Å². The first kappa shape index (κ1) is 67.5. The quantitative estimate of drug-likeness (QED) is 0.0264. The van der Waals surface area contributed by atoms with Crippen molar-refractivity contribution in [2.75, 3.05) is 26.4 Å². The van der Waals surface area contributed by atoms with Gasteiger partial charge in [-0.25, -0.2) is 4.57 Å². The topological polar surface area (TPSA) is 134 Å². The van der Waals surface area contributed by atoms with Gasteiger partial charge in [-0.05, 0) is 83.5 Å². The van der Waals surface area contributed by atoms with Gasteiger partial charge in [0.15, 0.2) is 6.10 Å². The van der Waals surface area contributed by atoms with Gasteiger partial charge in [-0.15, -0.1) is 0 Å². The molecule has 0 aliphatic heterocycles. The van der Waals surface area contributed by atoms with Gasteiger partial charge in [0.05, 0.1) is 13.2 Å². The molecular weight excluding hydrogens is 894 g/mol. The lowest BCUT2D eigenvalue weighted by atomic mass is 10.0. The van der Waals surface area contributed by atoms with Crippen LogP contribution < -0.4 is 5.73 Å². The van der Waals surface area contributed by atoms with E-state index in [1.165, 1.54) is 141 Å². The van der Waals surface area contributed by atoms with E-state index in [1.807, 2.05) is 0 Å². The van der Waals surface area contributed by atoms with Gasteiger partial charge in [0, 0.05) is 19.4 Å². The molecule has 0 aliphatic carbocycles. The molecule has 0 radical (unpaired) electrons. The van der Waals surface area contributed by atoms with Crippen LogP contribution in [0.4, 0.5) is 0 Å². The Morgan fingerprint density at radius 3 is 1.19 bits per heavy atom. The monoisotopic (exact) mass is 1000 g/mol. The number of nitrogens with two attached hydrogens (primary N) is 1. The Balaban J connectivity index is 3.86. The van der Waals surface area contributed by atoms with Crippen molar-refractivity contribution in [3.8, 4) is 0 Å². The second kappa shape index (κ2) is 55.8. The van der Waals surface area contributed by atoms with Gasteiger partial charge in [-0.3, -0.25) is 18.6 Å². The van der Waals surface area contributed by atoms with Gasteiger partial charge in [-0.2, -0.15) is 0 Å². The fraction of sp³-hybridized carbons (Fsp3) is 0.767. The van der Waals surface area contributed by atoms with Crippen LogP contribution in [0.15, 0.2) is 72.9 Å². The number of ether oxygens (including phenoxy) is 2. The second-order valence-corrected chi connectivity index (χ2v) is 20.6. The number of hydrogen-bond donors (Lipinski definition) is 2. The number of carbonyl (C=O) groups is 2. The summed E-state index contributed by atoms with van der Waals surface area (Å²) in [6, 6.07) is 0. The van der Waals surface area contributed by atoms with Gasteiger partial charge < -0.3 is 20.1 Å². The summed E-state index contributed by atoms with van der Waals surface area (Å²) in [5.41, 5.74) is 5.37. The van der Waals surface area contributed by atoms with Crippen LogP contribution in [-0.4, -0.2) is 49.3 Å². The molecule has 3 N–H and O–H groups in total. The minimum absolute atomic E-state index is 0.0519. The normalized spacial score (nSPS) is 13.6. The summed E-state index contributed by atoms with van der Waals surface area (Å²) in [6.07, 6.45) is 71.1. The third kappa shape index (κ3) is 54.8. The predicted molar refractivity (Wildman–Crippen MR) is 298 cm³/mol. The van der Waals surface area contributed by atoms with Crippen LogP contribution in [-0.2, 0) is 32.7 Å². The van der Waals surface area contributed by atoms with E-state index >= 15 is 0 Å². The highest BCUT2D eigenvalue weighted by Crippen LogP contribution is 2.43. The highest BCUT2D eigenvalue weighted by molar-refractivity contribution is 7.47. The Morgan fingerprint density at radius 2 is 0.786 bits per heavy atom. The molecule has 0 saturated heterocycles. The van der Waals surface area contributed by atoms with Crippen molar-refractivity contribution in [2.45, 2.75) is 270 Å². The van der Waals surface area contributed by atoms with Crippen LogP contribution in [0.5, 0.6) is 0 Å². The maximum Gasteiger partial charge on any atom is 0.472 e. The fourth-order valence-corrected chi connectivity index (χ4v) is 8.84. The van der Waals surface area contributed by atoms with E-state index in [9.17, 15) is 19.0 Å². The number of esters is 2. The van der Waals surface area contributed by atoms with Crippen molar-refractivity contribution in [1.82, 2.24) is 0 Å². The molecular formula is C60H108NO8P. The molecule has 0 aliphatic rings. The first-order chi connectivity index (χ1) is 34.3. The zero-order chi connectivity index (χ0) is 51.0. The maximum atomic E-state index is 12.7. The molecule has 0 bridgehead atoms. The Morgan fingerprint density at radius 1 is 0.443 bits per heavy atom. The Hall–Kier alpha value is -2.55. The van der Waals surface area contributed by atoms with Crippen molar-refractivity contribution in [3.63, 3.8) is 0 Å². The summed E-state index contributed by atoms with van der Waals surface area (Å²) in [5.74, 6) is -0.831. The summed E-state index contributed by atoms with van der Waals surface area (Å²) >= 11 is 0. The minimum Gasteiger partial charge on any atom is -0.462 e. The third-order valence-electron chi connectivity index (χ3n) is 12.3. The molecule has 0 rings (SSSR count). The van der Waals surface area contributed by atoms with E-state index in [2.05, 4.69) is 86.8 Å². The summed E-state index contributed by atoms with van der Waals surface area (Å²) in [4.78, 5) is 35.1. The zero-order valence-corrected chi connectivity index (χ0v) is 46.1. The van der Waals surface area contributed by atoms with Crippen molar-refractivity contribution in [3.05, 3.63) is 72.9 Å². The molecule has 0 aromatic carbocycles. The molecule has 10 heteroatoms. The molecule has 9 nitrogen and oxygen atoms in total. The lowest BCUT2D eigenvalue weighted by molar-refractivity contribution is -0.161. The Bertz CT molecular complexity index is 1370. The Kier molecular flexibility index (Phi) is 53.7. The lowest BCUT2D eigenvalue weighted by Crippen LogP contribution is -2.29. The number of hydrogen-bond acceptors (Lipinski definition) is 8. The highest BCUT2D eigenvalue weighted by atomic mass is 31.2. The molecule has 0 heterocycles. The van der Waals surface area contributed by atoms with Crippen LogP contribution in [0.1, 0.15) is 264 Å². The van der Waals surface area contributed by atoms with Gasteiger partial charge >= 0.3 is 19.8 Å². The van der Waals surface area contributed by atoms with Crippen LogP contribution in [0.3, 0.4) is 0 Å². The summed E-state index contributed by atoms with van der Waals surface area (Å²) in [5, 5.41) is 0. The molecule has 0 aromatic heterocycles. The molecule has 0 spiro atoms. The second-order valence-electron chi connectivity index (χ2n) is 19.1. The summed E-state index contributed by atoms with van der Waals surface area (Å²) < 4.78 is 33.0. The van der Waals surface area contributed by atoms with E-state index in [-0.39, 0.29) is 38.6 Å². The van der Waals surface area contributed by atoms with Crippen molar-refractivity contribution >= 4 is 19.8 Å². The van der Waals surface area contributed by atoms with Crippen LogP contribution in [0.25, 0.3) is 0 Å². The molecule has 406 valence electrons. The summed E-state index contributed by atoms with van der Waals surface area (Å²) in [6.45, 7) is 3.63. The van der Waals surface area contributed by atoms with Crippen molar-refractivity contribution in [1.29, 1.82) is 0 Å². The average molecular weight is 1000 g/mol. The lowest BCUT2D eigenvalue weighted by Gasteiger charge is -2.19. The summed E-state index contributed by atoms with van der Waals surface area (Å²) in [7, 11) is -4.39. The first-order valence-electron chi connectivity index (χ1n) is 28.9. The third-order valence-corrected chi connectivity index (χ3v) is 13.3. The van der Waals surface area contributed by atoms with Gasteiger partial charge in [0.2, 0.25) is 0 Å². The molecule has 0 fully saturated rings. The average Bonchev–Trinajstić information content (AvgIpc) is 3.35. The maximum absolute atomic E-state index is 12.7. The standard InChI is InChI=1S/C60H108NO8P/c1-3-5-7-9-11-13-15-17-19-20-21-22-23-24-25-26-27-28-29-30-31-32-33-34-35-36-37-38-39-41-43-45-47-49-51-53-60(63)69-58(57-68-70(64,65)67-55-54-61)56-66-59(62)52-50-48-46-44-42-40-18-16-14-12-10-8-6-4-2/h5,7,11,13,16-19,21-22,24-25,58H,3-4,6,8-10,12,14-15,20,23,26-57,61H2,1-2H3,(H,64,65)/b7-5-,13-11-,18-16-,19-17-,22-21-,25-24-. The SMILES string of the molecule is CC/C=C\C/C=C\C/C=C\C/C=C\C/C=C\CCCCCCCCCCCCCCCCCCCCCC(=O)OC(COC(=O)CCCCCCC/C=C\CCCCCCC)COP(=O)(O)OCCN. The highest BCUT2D eigenvalue weighted by Gasteiger charge is 2.26. The predicted octanol–water partition coefficient (Wildman–Crippen LogP) is 18.1.